The average molecular weight is 502 g/mol. The Morgan fingerprint density at radius 2 is 0.763 bits per heavy atom. The van der Waals surface area contributed by atoms with Gasteiger partial charge in [-0.2, -0.15) is 0 Å². The van der Waals surface area contributed by atoms with Crippen LogP contribution in [0.2, 0.25) is 0 Å². The molecule has 184 valence electrons. The molecule has 0 saturated carbocycles. The maximum atomic E-state index is 12.9. The van der Waals surface area contributed by atoms with Gasteiger partial charge in [-0.1, -0.05) is 60.7 Å². The third-order valence-corrected chi connectivity index (χ3v) is 6.69. The van der Waals surface area contributed by atoms with Crippen molar-refractivity contribution in [1.29, 1.82) is 0 Å². The zero-order valence-corrected chi connectivity index (χ0v) is 19.9. The molecule has 2 aliphatic rings. The van der Waals surface area contributed by atoms with Gasteiger partial charge in [0.05, 0.1) is 0 Å². The maximum absolute atomic E-state index is 12.9. The van der Waals surface area contributed by atoms with E-state index in [-0.39, 0.29) is 47.5 Å². The van der Waals surface area contributed by atoms with Gasteiger partial charge in [0.25, 0.3) is 0 Å². The molecule has 0 aromatic heterocycles. The van der Waals surface area contributed by atoms with Crippen molar-refractivity contribution in [2.75, 3.05) is 0 Å². The number of ketones is 4. The minimum Gasteiger partial charge on any atom is -0.429 e. The molecule has 7 nitrogen and oxygen atoms in total. The normalized spacial score (nSPS) is 13.3. The van der Waals surface area contributed by atoms with Crippen molar-refractivity contribution in [2.24, 2.45) is 0 Å². The molecule has 0 fully saturated rings. The number of hydrogen-bond acceptors (Lipinski definition) is 7. The monoisotopic (exact) mass is 502 g/mol. The highest BCUT2D eigenvalue weighted by Crippen LogP contribution is 2.29. The highest BCUT2D eigenvalue weighted by molar-refractivity contribution is 6.29. The van der Waals surface area contributed by atoms with Gasteiger partial charge in [0.2, 0.25) is 0 Å². The first kappa shape index (κ1) is 23.2. The van der Waals surface area contributed by atoms with E-state index in [1.807, 2.05) is 0 Å². The number of carbonyl (C=O) groups excluding carboxylic acids is 5. The zero-order valence-electron chi connectivity index (χ0n) is 19.9. The van der Waals surface area contributed by atoms with Crippen LogP contribution in [0.3, 0.4) is 0 Å². The fraction of sp³-hybridized carbons (Fsp3) is 0.0645. The van der Waals surface area contributed by atoms with E-state index < -0.39 is 6.16 Å². The Hall–Kier alpha value is -5.17. The molecule has 0 atom stereocenters. The SMILES string of the molecule is O=C(OCc1ccc2c(c1)C(=O)c1ccccc1C2=O)OCc1ccc2c(c1)C(=O)c1ccccc1C2=O. The van der Waals surface area contributed by atoms with Crippen LogP contribution in [0.1, 0.15) is 74.8 Å². The lowest BCUT2D eigenvalue weighted by atomic mass is 9.83. The van der Waals surface area contributed by atoms with Crippen LogP contribution in [0.15, 0.2) is 84.9 Å². The van der Waals surface area contributed by atoms with E-state index in [1.54, 1.807) is 84.9 Å². The fourth-order valence-corrected chi connectivity index (χ4v) is 4.80. The molecule has 0 heterocycles. The van der Waals surface area contributed by atoms with E-state index >= 15 is 0 Å². The molecular formula is C31H18O7. The summed E-state index contributed by atoms with van der Waals surface area (Å²) >= 11 is 0. The molecule has 0 radical (unpaired) electrons. The fourth-order valence-electron chi connectivity index (χ4n) is 4.80. The quantitative estimate of drug-likeness (QED) is 0.309. The van der Waals surface area contributed by atoms with E-state index in [0.717, 1.165) is 0 Å². The summed E-state index contributed by atoms with van der Waals surface area (Å²) < 4.78 is 10.4. The van der Waals surface area contributed by atoms with Crippen molar-refractivity contribution in [3.63, 3.8) is 0 Å². The Kier molecular flexibility index (Phi) is 5.53. The first-order valence-electron chi connectivity index (χ1n) is 11.8. The van der Waals surface area contributed by atoms with Gasteiger partial charge in [-0.25, -0.2) is 4.79 Å². The van der Waals surface area contributed by atoms with Crippen LogP contribution in [0.25, 0.3) is 0 Å². The first-order valence-corrected chi connectivity index (χ1v) is 11.8. The largest absolute Gasteiger partial charge is 0.508 e. The van der Waals surface area contributed by atoms with E-state index in [2.05, 4.69) is 0 Å². The Morgan fingerprint density at radius 3 is 1.13 bits per heavy atom. The molecule has 2 aliphatic carbocycles. The van der Waals surface area contributed by atoms with E-state index in [9.17, 15) is 24.0 Å². The molecule has 6 rings (SSSR count). The molecule has 0 bridgehead atoms. The number of ether oxygens (including phenoxy) is 2. The smallest absolute Gasteiger partial charge is 0.429 e. The molecule has 0 aliphatic heterocycles. The van der Waals surface area contributed by atoms with E-state index in [1.165, 1.54) is 0 Å². The van der Waals surface area contributed by atoms with Crippen LogP contribution < -0.4 is 0 Å². The van der Waals surface area contributed by atoms with Crippen molar-refractivity contribution < 1.29 is 33.4 Å². The molecule has 0 saturated heterocycles. The van der Waals surface area contributed by atoms with Crippen LogP contribution in [0, 0.1) is 0 Å². The Labute approximate surface area is 216 Å². The van der Waals surface area contributed by atoms with Gasteiger partial charge in [-0.3, -0.25) is 19.2 Å². The Morgan fingerprint density at radius 1 is 0.447 bits per heavy atom. The third kappa shape index (κ3) is 3.81. The second kappa shape index (κ2) is 9.05. The van der Waals surface area contributed by atoms with Crippen molar-refractivity contribution >= 4 is 29.3 Å². The Balaban J connectivity index is 1.11. The van der Waals surface area contributed by atoms with Crippen LogP contribution in [0.5, 0.6) is 0 Å². The molecule has 4 aromatic carbocycles. The van der Waals surface area contributed by atoms with Gasteiger partial charge < -0.3 is 9.47 Å². The number of rotatable bonds is 4. The molecule has 4 aromatic rings. The minimum absolute atomic E-state index is 0.164. The lowest BCUT2D eigenvalue weighted by Crippen LogP contribution is -2.21. The summed E-state index contributed by atoms with van der Waals surface area (Å²) in [5.74, 6) is -0.975. The summed E-state index contributed by atoms with van der Waals surface area (Å²) in [6, 6.07) is 22.7. The number of hydrogen-bond donors (Lipinski definition) is 0. The van der Waals surface area contributed by atoms with Crippen LogP contribution >= 0.6 is 0 Å². The maximum Gasteiger partial charge on any atom is 0.508 e. The summed E-state index contributed by atoms with van der Waals surface area (Å²) in [4.78, 5) is 63.5. The lowest BCUT2D eigenvalue weighted by molar-refractivity contribution is 0.0446. The molecule has 7 heteroatoms. The molecule has 0 spiro atoms. The van der Waals surface area contributed by atoms with Gasteiger partial charge in [-0.15, -0.1) is 0 Å². The van der Waals surface area contributed by atoms with Crippen molar-refractivity contribution in [1.82, 2.24) is 0 Å². The zero-order chi connectivity index (χ0) is 26.4. The second-order valence-corrected chi connectivity index (χ2v) is 8.99. The van der Waals surface area contributed by atoms with Gasteiger partial charge in [0.1, 0.15) is 13.2 Å². The summed E-state index contributed by atoms with van der Waals surface area (Å²) in [5.41, 5.74) is 3.62. The summed E-state index contributed by atoms with van der Waals surface area (Å²) in [7, 11) is 0. The standard InChI is InChI=1S/C31H18O7/c32-27-19-5-1-3-7-21(19)29(34)25-13-17(9-11-23(25)27)15-37-31(36)38-16-18-10-12-24-26(14-18)30(35)22-8-4-2-6-20(22)28(24)33/h1-14H,15-16H2. The minimum atomic E-state index is -0.944. The van der Waals surface area contributed by atoms with Gasteiger partial charge in [0, 0.05) is 44.5 Å². The lowest BCUT2D eigenvalue weighted by Gasteiger charge is -2.18. The van der Waals surface area contributed by atoms with E-state index in [0.29, 0.717) is 44.5 Å². The predicted octanol–water partition coefficient (Wildman–Crippen LogP) is 5.09. The third-order valence-electron chi connectivity index (χ3n) is 6.69. The average Bonchev–Trinajstić information content (AvgIpc) is 2.96. The highest BCUT2D eigenvalue weighted by atomic mass is 16.7. The predicted molar refractivity (Wildman–Crippen MR) is 134 cm³/mol. The van der Waals surface area contributed by atoms with Gasteiger partial charge in [-0.05, 0) is 35.4 Å². The van der Waals surface area contributed by atoms with Gasteiger partial charge >= 0.3 is 6.16 Å². The summed E-state index contributed by atoms with van der Waals surface area (Å²) in [6.45, 7) is -0.327. The molecular weight excluding hydrogens is 484 g/mol. The molecule has 0 N–H and O–H groups in total. The molecule has 0 unspecified atom stereocenters. The summed E-state index contributed by atoms with van der Waals surface area (Å²) in [5, 5.41) is 0. The molecule has 38 heavy (non-hydrogen) atoms. The van der Waals surface area contributed by atoms with Crippen molar-refractivity contribution in [2.45, 2.75) is 13.2 Å². The van der Waals surface area contributed by atoms with E-state index in [4.69, 9.17) is 9.47 Å². The van der Waals surface area contributed by atoms with Gasteiger partial charge in [0.15, 0.2) is 23.1 Å². The topological polar surface area (TPSA) is 104 Å². The van der Waals surface area contributed by atoms with Crippen LogP contribution in [-0.2, 0) is 22.7 Å². The summed E-state index contributed by atoms with van der Waals surface area (Å²) in [6.07, 6.45) is -0.944. The number of carbonyl (C=O) groups is 5. The Bertz CT molecular complexity index is 1590. The van der Waals surface area contributed by atoms with Crippen molar-refractivity contribution in [3.05, 3.63) is 141 Å². The molecule has 0 amide bonds. The highest BCUT2D eigenvalue weighted by Gasteiger charge is 2.30. The van der Waals surface area contributed by atoms with Crippen LogP contribution in [0.4, 0.5) is 4.79 Å². The second-order valence-electron chi connectivity index (χ2n) is 8.99. The van der Waals surface area contributed by atoms with Crippen LogP contribution in [-0.4, -0.2) is 29.3 Å². The van der Waals surface area contributed by atoms with Crippen molar-refractivity contribution in [3.8, 4) is 0 Å². The number of fused-ring (bicyclic) bond motifs is 4. The first-order chi connectivity index (χ1) is 18.4. The number of benzene rings is 4.